The molecule has 0 atom stereocenters. The largest absolute Gasteiger partial charge is 0.479 e. The van der Waals surface area contributed by atoms with Gasteiger partial charge in [-0.2, -0.15) is 9.97 Å². The Morgan fingerprint density at radius 3 is 2.06 bits per heavy atom. The van der Waals surface area contributed by atoms with Crippen molar-refractivity contribution in [3.63, 3.8) is 0 Å². The highest BCUT2D eigenvalue weighted by Gasteiger charge is 2.29. The summed E-state index contributed by atoms with van der Waals surface area (Å²) in [4.78, 5) is 36.4. The number of fused-ring (bicyclic) bond motifs is 1. The van der Waals surface area contributed by atoms with E-state index in [9.17, 15) is 14.2 Å². The van der Waals surface area contributed by atoms with E-state index in [1.165, 1.54) is 13.4 Å². The number of aromatic nitrogens is 4. The van der Waals surface area contributed by atoms with Crippen LogP contribution >= 0.6 is 7.60 Å². The number of ether oxygens (including phenoxy) is 3. The van der Waals surface area contributed by atoms with Gasteiger partial charge >= 0.3 is 19.5 Å². The van der Waals surface area contributed by atoms with E-state index in [1.54, 1.807) is 58.3 Å². The van der Waals surface area contributed by atoms with Gasteiger partial charge in [0.05, 0.1) is 30.4 Å². The predicted octanol–water partition coefficient (Wildman–Crippen LogP) is 3.29. The molecule has 0 saturated carbocycles. The van der Waals surface area contributed by atoms with Gasteiger partial charge in [0, 0.05) is 6.54 Å². The number of rotatable bonds is 11. The van der Waals surface area contributed by atoms with Crippen molar-refractivity contribution in [2.45, 2.75) is 48.1 Å². The lowest BCUT2D eigenvalue weighted by Crippen LogP contribution is -2.25. The number of nitrogen functional groups attached to an aromatic ring is 1. The van der Waals surface area contributed by atoms with Crippen molar-refractivity contribution in [3.05, 3.63) is 18.5 Å². The number of hydrogen-bond acceptors (Lipinski definition) is 12. The van der Waals surface area contributed by atoms with Gasteiger partial charge < -0.3 is 24.5 Å². The number of imidazole rings is 1. The molecule has 0 radical (unpaired) electrons. The van der Waals surface area contributed by atoms with E-state index in [-0.39, 0.29) is 18.0 Å². The van der Waals surface area contributed by atoms with E-state index in [0.717, 1.165) is 0 Å². The second kappa shape index (κ2) is 11.8. The maximum atomic E-state index is 13.2. The third-order valence-electron chi connectivity index (χ3n) is 4.54. The smallest absolute Gasteiger partial charge is 0.340 e. The molecule has 36 heavy (non-hydrogen) atoms. The average molecular weight is 528 g/mol. The molecule has 0 fully saturated rings. The Balaban J connectivity index is 2.07. The lowest BCUT2D eigenvalue weighted by molar-refractivity contribution is -0.161. The topological polar surface area (TPSA) is 167 Å². The molecule has 200 valence electrons. The number of nitrogens with zero attached hydrogens (tertiary/aromatic N) is 4. The van der Waals surface area contributed by atoms with Gasteiger partial charge in [0.2, 0.25) is 25.4 Å². The first-order chi connectivity index (χ1) is 16.7. The molecule has 2 rings (SSSR count). The second-order valence-electron chi connectivity index (χ2n) is 9.78. The lowest BCUT2D eigenvalue weighted by Gasteiger charge is -2.21. The van der Waals surface area contributed by atoms with Gasteiger partial charge in [0.25, 0.3) is 0 Å². The molecule has 0 saturated heterocycles. The maximum Gasteiger partial charge on any atom is 0.340 e. The van der Waals surface area contributed by atoms with Crippen LogP contribution in [0, 0.1) is 10.8 Å². The maximum absolute atomic E-state index is 13.2. The van der Waals surface area contributed by atoms with Gasteiger partial charge in [-0.15, -0.1) is 0 Å². The highest BCUT2D eigenvalue weighted by atomic mass is 31.2. The molecule has 2 aromatic heterocycles. The van der Waals surface area contributed by atoms with Gasteiger partial charge in [0.1, 0.15) is 0 Å². The number of nitrogens with two attached hydrogens (primary N) is 1. The van der Waals surface area contributed by atoms with Crippen LogP contribution in [0.15, 0.2) is 18.5 Å². The molecule has 13 nitrogen and oxygen atoms in total. The van der Waals surface area contributed by atoms with Crippen LogP contribution in [-0.2, 0) is 39.2 Å². The zero-order valence-corrected chi connectivity index (χ0v) is 22.5. The summed E-state index contributed by atoms with van der Waals surface area (Å²) in [6.07, 6.45) is 4.61. The normalized spacial score (nSPS) is 12.8. The first-order valence-corrected chi connectivity index (χ1v) is 12.8. The van der Waals surface area contributed by atoms with Crippen molar-refractivity contribution in [2.75, 3.05) is 32.6 Å². The van der Waals surface area contributed by atoms with Crippen LogP contribution in [-0.4, -0.2) is 58.3 Å². The van der Waals surface area contributed by atoms with Crippen LogP contribution < -0.4 is 10.5 Å². The Bertz CT molecular complexity index is 1110. The zero-order chi connectivity index (χ0) is 27.1. The molecule has 2 heterocycles. The summed E-state index contributed by atoms with van der Waals surface area (Å²) < 4.78 is 40.7. The van der Waals surface area contributed by atoms with Gasteiger partial charge in [-0.3, -0.25) is 23.2 Å². The van der Waals surface area contributed by atoms with E-state index >= 15 is 0 Å². The minimum atomic E-state index is -3.84. The van der Waals surface area contributed by atoms with Crippen molar-refractivity contribution < 1.29 is 37.4 Å². The monoisotopic (exact) mass is 527 g/mol. The molecule has 2 aromatic rings. The molecule has 0 unspecified atom stereocenters. The van der Waals surface area contributed by atoms with Crippen LogP contribution in [0.25, 0.3) is 11.2 Å². The van der Waals surface area contributed by atoms with Gasteiger partial charge in [-0.25, -0.2) is 4.98 Å². The second-order valence-corrected chi connectivity index (χ2v) is 11.9. The van der Waals surface area contributed by atoms with E-state index < -0.39 is 44.0 Å². The summed E-state index contributed by atoms with van der Waals surface area (Å²) in [6.45, 7) is 9.17. The Hall–Kier alpha value is -3.02. The fourth-order valence-electron chi connectivity index (χ4n) is 2.50. The summed E-state index contributed by atoms with van der Waals surface area (Å²) in [5, 5.41) is 0. The molecular weight excluding hydrogens is 493 g/mol. The van der Waals surface area contributed by atoms with Crippen molar-refractivity contribution in [1.82, 2.24) is 19.5 Å². The molecule has 14 heteroatoms. The third kappa shape index (κ3) is 8.28. The lowest BCUT2D eigenvalue weighted by atomic mass is 9.98. The number of esters is 2. The van der Waals surface area contributed by atoms with Crippen molar-refractivity contribution in [2.24, 2.45) is 10.8 Å². The van der Waals surface area contributed by atoms with Crippen molar-refractivity contribution in [1.29, 1.82) is 0 Å². The van der Waals surface area contributed by atoms with Gasteiger partial charge in [-0.05, 0) is 41.5 Å². The summed E-state index contributed by atoms with van der Waals surface area (Å²) in [6, 6.07) is 0. The molecule has 0 amide bonds. The molecule has 0 spiro atoms. The average Bonchev–Trinajstić information content (AvgIpc) is 3.17. The number of anilines is 1. The van der Waals surface area contributed by atoms with Gasteiger partial charge in [0.15, 0.2) is 11.2 Å². The standard InChI is InChI=1S/C22H34N5O8P/c1-21(2,3)18(28)32-13-34-36(30,35-14-33-19(29)22(4,5)6)11-9-8-10-27-12-24-15-16(27)25-20(23)26-17(15)31-7/h8-9,12H,10-11,13-14H2,1-7H3,(H2,23,25,26)/b9-8+. The number of carbonyl (C=O) groups is 2. The number of hydrogen-bond donors (Lipinski definition) is 1. The quantitative estimate of drug-likeness (QED) is 0.196. The fraction of sp³-hybridized carbons (Fsp3) is 0.591. The van der Waals surface area contributed by atoms with Crippen LogP contribution in [0.2, 0.25) is 0 Å². The number of allylic oxidation sites excluding steroid dienone is 2. The van der Waals surface area contributed by atoms with Crippen LogP contribution in [0.3, 0.4) is 0 Å². The van der Waals surface area contributed by atoms with Crippen molar-refractivity contribution in [3.8, 4) is 5.88 Å². The zero-order valence-electron chi connectivity index (χ0n) is 21.6. The van der Waals surface area contributed by atoms with E-state index in [0.29, 0.717) is 17.7 Å². The molecule has 0 aliphatic heterocycles. The van der Waals surface area contributed by atoms with Crippen LogP contribution in [0.1, 0.15) is 41.5 Å². The number of carbonyl (C=O) groups excluding carboxylic acids is 2. The Kier molecular flexibility index (Phi) is 9.58. The molecule has 0 bridgehead atoms. The van der Waals surface area contributed by atoms with Crippen LogP contribution in [0.4, 0.5) is 5.95 Å². The minimum Gasteiger partial charge on any atom is -0.479 e. The Morgan fingerprint density at radius 1 is 1.00 bits per heavy atom. The van der Waals surface area contributed by atoms with Gasteiger partial charge in [-0.1, -0.05) is 12.2 Å². The first-order valence-electron chi connectivity index (χ1n) is 11.1. The molecule has 2 N–H and O–H groups in total. The van der Waals surface area contributed by atoms with Crippen molar-refractivity contribution >= 4 is 36.6 Å². The fourth-order valence-corrected chi connectivity index (χ4v) is 3.62. The number of methoxy groups -OCH3 is 1. The minimum absolute atomic E-state index is 0.0333. The SMILES string of the molecule is COc1nc(N)nc2c1ncn2C/C=C/CP(=O)(OCOC(=O)C(C)(C)C)OCOC(=O)C(C)(C)C. The highest BCUT2D eigenvalue weighted by molar-refractivity contribution is 7.54. The summed E-state index contributed by atoms with van der Waals surface area (Å²) in [7, 11) is -2.39. The summed E-state index contributed by atoms with van der Waals surface area (Å²) >= 11 is 0. The summed E-state index contributed by atoms with van der Waals surface area (Å²) in [5.41, 5.74) is 5.10. The Labute approximate surface area is 209 Å². The first kappa shape index (κ1) is 29.2. The van der Waals surface area contributed by atoms with E-state index in [1.807, 2.05) is 0 Å². The highest BCUT2D eigenvalue weighted by Crippen LogP contribution is 2.48. The molecular formula is C22H34N5O8P. The van der Waals surface area contributed by atoms with Crippen LogP contribution in [0.5, 0.6) is 5.88 Å². The molecule has 0 aliphatic carbocycles. The predicted molar refractivity (Wildman–Crippen MR) is 131 cm³/mol. The molecule has 0 aliphatic rings. The third-order valence-corrected chi connectivity index (χ3v) is 6.20. The Morgan fingerprint density at radius 2 is 1.56 bits per heavy atom. The van der Waals surface area contributed by atoms with E-state index in [2.05, 4.69) is 15.0 Å². The summed E-state index contributed by atoms with van der Waals surface area (Å²) in [5.74, 6) is -0.785. The molecule has 0 aromatic carbocycles. The van der Waals surface area contributed by atoms with E-state index in [4.69, 9.17) is 29.0 Å².